The van der Waals surface area contributed by atoms with Gasteiger partial charge in [-0.05, 0) is 51.2 Å². The summed E-state index contributed by atoms with van der Waals surface area (Å²) in [6.07, 6.45) is -3.32. The molecular formula is C14H16F4N2O. The van der Waals surface area contributed by atoms with Gasteiger partial charge in [0.05, 0.1) is 5.56 Å². The Morgan fingerprint density at radius 2 is 1.90 bits per heavy atom. The van der Waals surface area contributed by atoms with Gasteiger partial charge in [0.2, 0.25) is 0 Å². The van der Waals surface area contributed by atoms with Crippen LogP contribution in [0, 0.1) is 5.82 Å². The lowest BCUT2D eigenvalue weighted by Gasteiger charge is -2.29. The van der Waals surface area contributed by atoms with Crippen LogP contribution in [0.5, 0.6) is 0 Å². The van der Waals surface area contributed by atoms with Crippen molar-refractivity contribution in [1.82, 2.24) is 10.2 Å². The summed E-state index contributed by atoms with van der Waals surface area (Å²) < 4.78 is 51.0. The first-order valence-corrected chi connectivity index (χ1v) is 6.63. The number of nitrogens with one attached hydrogen (secondary N) is 1. The van der Waals surface area contributed by atoms with Crippen LogP contribution in [0.15, 0.2) is 18.2 Å². The highest BCUT2D eigenvalue weighted by molar-refractivity contribution is 5.94. The minimum Gasteiger partial charge on any atom is -0.349 e. The molecule has 0 atom stereocenters. The molecule has 0 saturated carbocycles. The largest absolute Gasteiger partial charge is 0.419 e. The molecule has 1 aromatic rings. The summed E-state index contributed by atoms with van der Waals surface area (Å²) in [5.74, 6) is -1.98. The van der Waals surface area contributed by atoms with Gasteiger partial charge in [-0.1, -0.05) is 0 Å². The zero-order valence-corrected chi connectivity index (χ0v) is 11.5. The number of hydrogen-bond acceptors (Lipinski definition) is 2. The summed E-state index contributed by atoms with van der Waals surface area (Å²) in [6.45, 7) is 1.64. The third kappa shape index (κ3) is 3.93. The Hall–Kier alpha value is -1.63. The van der Waals surface area contributed by atoms with Crippen LogP contribution in [0.1, 0.15) is 28.8 Å². The SMILES string of the molecule is CN1CCC(NC(=O)c2ccc(F)c(C(F)(F)F)c2)CC1. The number of piperidine rings is 1. The quantitative estimate of drug-likeness (QED) is 0.852. The van der Waals surface area contributed by atoms with Gasteiger partial charge >= 0.3 is 6.18 Å². The number of likely N-dealkylation sites (tertiary alicyclic amines) is 1. The topological polar surface area (TPSA) is 32.3 Å². The normalized spacial score (nSPS) is 17.8. The summed E-state index contributed by atoms with van der Waals surface area (Å²) in [6, 6.07) is 2.23. The fourth-order valence-electron chi connectivity index (χ4n) is 2.31. The Morgan fingerprint density at radius 1 is 1.29 bits per heavy atom. The molecule has 0 aromatic heterocycles. The van der Waals surface area contributed by atoms with Crippen LogP contribution < -0.4 is 5.32 Å². The average Bonchev–Trinajstić information content (AvgIpc) is 2.40. The fraction of sp³-hybridized carbons (Fsp3) is 0.500. The standard InChI is InChI=1S/C14H16F4N2O/c1-20-6-4-10(5-7-20)19-13(21)9-2-3-12(15)11(8-9)14(16,17)18/h2-3,8,10H,4-7H2,1H3,(H,19,21). The molecule has 0 unspecified atom stereocenters. The van der Waals surface area contributed by atoms with Gasteiger partial charge in [0, 0.05) is 11.6 Å². The second-order valence-corrected chi connectivity index (χ2v) is 5.24. The van der Waals surface area contributed by atoms with E-state index in [1.165, 1.54) is 0 Å². The molecule has 1 aromatic carbocycles. The number of alkyl halides is 3. The van der Waals surface area contributed by atoms with Crippen molar-refractivity contribution in [2.75, 3.05) is 20.1 Å². The molecule has 1 amide bonds. The summed E-state index contributed by atoms with van der Waals surface area (Å²) in [7, 11) is 1.97. The van der Waals surface area contributed by atoms with E-state index in [0.717, 1.165) is 32.0 Å². The first-order valence-electron chi connectivity index (χ1n) is 6.63. The molecule has 0 radical (unpaired) electrons. The van der Waals surface area contributed by atoms with E-state index in [-0.39, 0.29) is 11.6 Å². The van der Waals surface area contributed by atoms with Crippen LogP contribution in [0.3, 0.4) is 0 Å². The molecule has 1 heterocycles. The second-order valence-electron chi connectivity index (χ2n) is 5.24. The minimum absolute atomic E-state index is 0.0620. The van der Waals surface area contributed by atoms with Crippen molar-refractivity contribution in [2.24, 2.45) is 0 Å². The molecule has 0 aliphatic carbocycles. The van der Waals surface area contributed by atoms with E-state index in [4.69, 9.17) is 0 Å². The maximum atomic E-state index is 13.2. The number of benzene rings is 1. The maximum Gasteiger partial charge on any atom is 0.419 e. The lowest BCUT2D eigenvalue weighted by atomic mass is 10.0. The lowest BCUT2D eigenvalue weighted by Crippen LogP contribution is -2.43. The Balaban J connectivity index is 2.09. The predicted octanol–water partition coefficient (Wildman–Crippen LogP) is 2.67. The van der Waals surface area contributed by atoms with Crippen molar-refractivity contribution in [2.45, 2.75) is 25.1 Å². The summed E-state index contributed by atoms with van der Waals surface area (Å²) in [4.78, 5) is 14.1. The molecule has 116 valence electrons. The van der Waals surface area contributed by atoms with Gasteiger partial charge in [0.1, 0.15) is 5.82 Å². The fourth-order valence-corrected chi connectivity index (χ4v) is 2.31. The van der Waals surface area contributed by atoms with E-state index in [0.29, 0.717) is 12.1 Å². The second kappa shape index (κ2) is 6.01. The Bertz CT molecular complexity index is 522. The smallest absolute Gasteiger partial charge is 0.349 e. The molecule has 21 heavy (non-hydrogen) atoms. The molecule has 0 spiro atoms. The Kier molecular flexibility index (Phi) is 4.51. The van der Waals surface area contributed by atoms with Gasteiger partial charge in [0.25, 0.3) is 5.91 Å². The van der Waals surface area contributed by atoms with Crippen molar-refractivity contribution in [3.8, 4) is 0 Å². The first-order chi connectivity index (χ1) is 9.77. The van der Waals surface area contributed by atoms with Crippen molar-refractivity contribution in [1.29, 1.82) is 0 Å². The van der Waals surface area contributed by atoms with Crippen LogP contribution >= 0.6 is 0 Å². The van der Waals surface area contributed by atoms with Gasteiger partial charge in [0.15, 0.2) is 0 Å². The highest BCUT2D eigenvalue weighted by Crippen LogP contribution is 2.31. The number of rotatable bonds is 2. The molecule has 1 fully saturated rings. The predicted molar refractivity (Wildman–Crippen MR) is 69.4 cm³/mol. The Morgan fingerprint density at radius 3 is 2.48 bits per heavy atom. The number of hydrogen-bond donors (Lipinski definition) is 1. The number of carbonyl (C=O) groups excluding carboxylic acids is 1. The van der Waals surface area contributed by atoms with E-state index >= 15 is 0 Å². The van der Waals surface area contributed by atoms with Crippen molar-refractivity contribution in [3.05, 3.63) is 35.1 Å². The third-order valence-corrected chi connectivity index (χ3v) is 3.59. The molecule has 1 saturated heterocycles. The highest BCUT2D eigenvalue weighted by Gasteiger charge is 2.34. The van der Waals surface area contributed by atoms with E-state index in [9.17, 15) is 22.4 Å². The van der Waals surface area contributed by atoms with Gasteiger partial charge < -0.3 is 10.2 Å². The monoisotopic (exact) mass is 304 g/mol. The van der Waals surface area contributed by atoms with Gasteiger partial charge in [-0.15, -0.1) is 0 Å². The van der Waals surface area contributed by atoms with Crippen LogP contribution in [-0.2, 0) is 6.18 Å². The molecular weight excluding hydrogens is 288 g/mol. The van der Waals surface area contributed by atoms with Crippen molar-refractivity contribution in [3.63, 3.8) is 0 Å². The van der Waals surface area contributed by atoms with Crippen LogP contribution in [0.4, 0.5) is 17.6 Å². The Labute approximate surface area is 119 Å². The van der Waals surface area contributed by atoms with E-state index in [1.807, 2.05) is 7.05 Å². The minimum atomic E-state index is -4.81. The molecule has 2 rings (SSSR count). The number of halogens is 4. The average molecular weight is 304 g/mol. The molecule has 7 heteroatoms. The van der Waals surface area contributed by atoms with Gasteiger partial charge in [-0.3, -0.25) is 4.79 Å². The first kappa shape index (κ1) is 15.8. The van der Waals surface area contributed by atoms with Crippen molar-refractivity contribution < 1.29 is 22.4 Å². The van der Waals surface area contributed by atoms with E-state index in [2.05, 4.69) is 10.2 Å². The van der Waals surface area contributed by atoms with E-state index < -0.39 is 23.5 Å². The van der Waals surface area contributed by atoms with Gasteiger partial charge in [-0.2, -0.15) is 13.2 Å². The third-order valence-electron chi connectivity index (χ3n) is 3.59. The van der Waals surface area contributed by atoms with Crippen LogP contribution in [0.2, 0.25) is 0 Å². The molecule has 1 aliphatic rings. The number of carbonyl (C=O) groups is 1. The summed E-state index contributed by atoms with van der Waals surface area (Å²) in [5, 5.41) is 2.70. The number of amides is 1. The summed E-state index contributed by atoms with van der Waals surface area (Å²) in [5.41, 5.74) is -1.60. The summed E-state index contributed by atoms with van der Waals surface area (Å²) >= 11 is 0. The number of nitrogens with zero attached hydrogens (tertiary/aromatic N) is 1. The lowest BCUT2D eigenvalue weighted by molar-refractivity contribution is -0.140. The zero-order chi connectivity index (χ0) is 15.6. The molecule has 3 nitrogen and oxygen atoms in total. The zero-order valence-electron chi connectivity index (χ0n) is 11.5. The van der Waals surface area contributed by atoms with Crippen LogP contribution in [0.25, 0.3) is 0 Å². The molecule has 1 N–H and O–H groups in total. The molecule has 1 aliphatic heterocycles. The van der Waals surface area contributed by atoms with E-state index in [1.54, 1.807) is 0 Å². The molecule has 0 bridgehead atoms. The van der Waals surface area contributed by atoms with Crippen molar-refractivity contribution >= 4 is 5.91 Å². The maximum absolute atomic E-state index is 13.2. The van der Waals surface area contributed by atoms with Crippen LogP contribution in [-0.4, -0.2) is 37.0 Å². The highest BCUT2D eigenvalue weighted by atomic mass is 19.4. The van der Waals surface area contributed by atoms with Gasteiger partial charge in [-0.25, -0.2) is 4.39 Å².